The molecule has 1 unspecified atom stereocenters. The molecule has 0 saturated heterocycles. The molecule has 0 aromatic heterocycles. The molecule has 3 aliphatic rings. The minimum Gasteiger partial charge on any atom is -0.387 e. The summed E-state index contributed by atoms with van der Waals surface area (Å²) in [4.78, 5) is 4.63. The predicted molar refractivity (Wildman–Crippen MR) is 55.8 cm³/mol. The zero-order chi connectivity index (χ0) is 9.26. The Hall–Kier alpha value is -0.530. The SMILES string of the molecule is CCC(N)=NC1CC2CCC1CC2. The van der Waals surface area contributed by atoms with E-state index in [-0.39, 0.29) is 0 Å². The number of nitrogens with zero attached hydrogens (tertiary/aromatic N) is 1. The monoisotopic (exact) mass is 180 g/mol. The molecule has 2 N–H and O–H groups in total. The molecule has 0 heterocycles. The number of rotatable bonds is 2. The molecule has 74 valence electrons. The molecule has 0 spiro atoms. The van der Waals surface area contributed by atoms with E-state index in [1.165, 1.54) is 32.1 Å². The molecule has 1 atom stereocenters. The van der Waals surface area contributed by atoms with Gasteiger partial charge in [0.1, 0.15) is 0 Å². The third-order valence-electron chi connectivity index (χ3n) is 3.70. The minimum absolute atomic E-state index is 0.576. The minimum atomic E-state index is 0.576. The summed E-state index contributed by atoms with van der Waals surface area (Å²) in [6.45, 7) is 2.08. The maximum atomic E-state index is 5.79. The maximum absolute atomic E-state index is 5.79. The summed E-state index contributed by atoms with van der Waals surface area (Å²) >= 11 is 0. The van der Waals surface area contributed by atoms with Crippen LogP contribution in [0.3, 0.4) is 0 Å². The van der Waals surface area contributed by atoms with Gasteiger partial charge in [-0.1, -0.05) is 19.8 Å². The van der Waals surface area contributed by atoms with Crippen molar-refractivity contribution in [1.82, 2.24) is 0 Å². The molecule has 0 aromatic rings. The van der Waals surface area contributed by atoms with E-state index in [1.54, 1.807) is 0 Å². The average Bonchev–Trinajstić information content (AvgIpc) is 2.19. The van der Waals surface area contributed by atoms with Crippen LogP contribution >= 0.6 is 0 Å². The maximum Gasteiger partial charge on any atom is 0.0937 e. The molecule has 0 amide bonds. The summed E-state index contributed by atoms with van der Waals surface area (Å²) in [6.07, 6.45) is 7.91. The molecule has 2 heteroatoms. The lowest BCUT2D eigenvalue weighted by Gasteiger charge is -2.40. The van der Waals surface area contributed by atoms with Crippen LogP contribution in [0.25, 0.3) is 0 Å². The first-order chi connectivity index (χ1) is 6.29. The average molecular weight is 180 g/mol. The van der Waals surface area contributed by atoms with Gasteiger partial charge >= 0.3 is 0 Å². The summed E-state index contributed by atoms with van der Waals surface area (Å²) in [5.41, 5.74) is 5.79. The molecule has 3 saturated carbocycles. The van der Waals surface area contributed by atoms with Crippen molar-refractivity contribution in [3.05, 3.63) is 0 Å². The van der Waals surface area contributed by atoms with Crippen LogP contribution in [0.5, 0.6) is 0 Å². The van der Waals surface area contributed by atoms with Crippen molar-refractivity contribution in [3.63, 3.8) is 0 Å². The highest BCUT2D eigenvalue weighted by atomic mass is 14.9. The van der Waals surface area contributed by atoms with Gasteiger partial charge in [-0.2, -0.15) is 0 Å². The largest absolute Gasteiger partial charge is 0.387 e. The summed E-state index contributed by atoms with van der Waals surface area (Å²) in [7, 11) is 0. The van der Waals surface area contributed by atoms with Crippen molar-refractivity contribution >= 4 is 5.84 Å². The topological polar surface area (TPSA) is 38.4 Å². The second-order valence-electron chi connectivity index (χ2n) is 4.56. The number of hydrogen-bond donors (Lipinski definition) is 1. The van der Waals surface area contributed by atoms with E-state index in [0.29, 0.717) is 6.04 Å². The fraction of sp³-hybridized carbons (Fsp3) is 0.909. The molecule has 0 aromatic carbocycles. The fourth-order valence-electron chi connectivity index (χ4n) is 2.81. The fourth-order valence-corrected chi connectivity index (χ4v) is 2.81. The second kappa shape index (κ2) is 3.69. The van der Waals surface area contributed by atoms with Crippen LogP contribution in [0.4, 0.5) is 0 Å². The van der Waals surface area contributed by atoms with Crippen LogP contribution in [0.15, 0.2) is 4.99 Å². The standard InChI is InChI=1S/C11H20N2/c1-2-11(12)13-10-7-8-3-5-9(10)6-4-8/h8-10H,2-7H2,1H3,(H2,12,13). The molecular formula is C11H20N2. The zero-order valence-corrected chi connectivity index (χ0v) is 8.50. The molecule has 0 radical (unpaired) electrons. The van der Waals surface area contributed by atoms with Gasteiger partial charge in [-0.05, 0) is 31.1 Å². The molecule has 2 nitrogen and oxygen atoms in total. The third-order valence-corrected chi connectivity index (χ3v) is 3.70. The zero-order valence-electron chi connectivity index (χ0n) is 8.50. The summed E-state index contributed by atoms with van der Waals surface area (Å²) < 4.78 is 0. The Kier molecular flexibility index (Phi) is 2.56. The number of hydrogen-bond acceptors (Lipinski definition) is 1. The Labute approximate surface area is 80.6 Å². The molecule has 13 heavy (non-hydrogen) atoms. The smallest absolute Gasteiger partial charge is 0.0937 e. The molecule has 3 rings (SSSR count). The normalized spacial score (nSPS) is 39.5. The third kappa shape index (κ3) is 1.87. The van der Waals surface area contributed by atoms with Crippen molar-refractivity contribution in [2.24, 2.45) is 22.6 Å². The quantitative estimate of drug-likeness (QED) is 0.514. The van der Waals surface area contributed by atoms with Crippen LogP contribution in [-0.4, -0.2) is 11.9 Å². The lowest BCUT2D eigenvalue weighted by atomic mass is 9.68. The van der Waals surface area contributed by atoms with E-state index in [9.17, 15) is 0 Å². The second-order valence-corrected chi connectivity index (χ2v) is 4.56. The van der Waals surface area contributed by atoms with Crippen molar-refractivity contribution in [2.75, 3.05) is 0 Å². The Bertz CT molecular complexity index is 202. The van der Waals surface area contributed by atoms with Crippen LogP contribution in [0, 0.1) is 11.8 Å². The molecule has 3 aliphatic carbocycles. The van der Waals surface area contributed by atoms with Crippen LogP contribution < -0.4 is 5.73 Å². The van der Waals surface area contributed by atoms with Crippen molar-refractivity contribution in [3.8, 4) is 0 Å². The first-order valence-corrected chi connectivity index (χ1v) is 5.61. The summed E-state index contributed by atoms with van der Waals surface area (Å²) in [5.74, 6) is 2.68. The van der Waals surface area contributed by atoms with E-state index >= 15 is 0 Å². The predicted octanol–water partition coefficient (Wildman–Crippen LogP) is 2.33. The first-order valence-electron chi connectivity index (χ1n) is 5.61. The van der Waals surface area contributed by atoms with Gasteiger partial charge in [0.05, 0.1) is 11.9 Å². The Balaban J connectivity index is 2.01. The number of amidine groups is 1. The Morgan fingerprint density at radius 1 is 1.31 bits per heavy atom. The summed E-state index contributed by atoms with van der Waals surface area (Å²) in [5, 5.41) is 0. The molecular weight excluding hydrogens is 160 g/mol. The van der Waals surface area contributed by atoms with E-state index in [0.717, 1.165) is 24.1 Å². The Morgan fingerprint density at radius 3 is 2.46 bits per heavy atom. The van der Waals surface area contributed by atoms with Crippen LogP contribution in [-0.2, 0) is 0 Å². The van der Waals surface area contributed by atoms with Gasteiger partial charge < -0.3 is 5.73 Å². The van der Waals surface area contributed by atoms with Gasteiger partial charge in [-0.15, -0.1) is 0 Å². The lowest BCUT2D eigenvalue weighted by Crippen LogP contribution is -2.35. The molecule has 3 fully saturated rings. The van der Waals surface area contributed by atoms with Gasteiger partial charge in [-0.25, -0.2) is 0 Å². The highest BCUT2D eigenvalue weighted by Crippen LogP contribution is 2.42. The molecule has 0 aliphatic heterocycles. The van der Waals surface area contributed by atoms with Crippen LogP contribution in [0.2, 0.25) is 0 Å². The number of aliphatic imine (C=N–C) groups is 1. The van der Waals surface area contributed by atoms with E-state index in [4.69, 9.17) is 5.73 Å². The van der Waals surface area contributed by atoms with Crippen molar-refractivity contribution < 1.29 is 0 Å². The van der Waals surface area contributed by atoms with E-state index in [1.807, 2.05) is 0 Å². The van der Waals surface area contributed by atoms with E-state index < -0.39 is 0 Å². The van der Waals surface area contributed by atoms with Crippen LogP contribution in [0.1, 0.15) is 45.4 Å². The summed E-state index contributed by atoms with van der Waals surface area (Å²) in [6, 6.07) is 0.576. The molecule has 2 bridgehead atoms. The lowest BCUT2D eigenvalue weighted by molar-refractivity contribution is 0.148. The van der Waals surface area contributed by atoms with Gasteiger partial charge in [0.2, 0.25) is 0 Å². The Morgan fingerprint density at radius 2 is 2.00 bits per heavy atom. The number of nitrogens with two attached hydrogens (primary N) is 1. The van der Waals surface area contributed by atoms with Crippen molar-refractivity contribution in [1.29, 1.82) is 0 Å². The highest BCUT2D eigenvalue weighted by Gasteiger charge is 2.35. The van der Waals surface area contributed by atoms with E-state index in [2.05, 4.69) is 11.9 Å². The van der Waals surface area contributed by atoms with Gasteiger partial charge in [0.15, 0.2) is 0 Å². The van der Waals surface area contributed by atoms with Gasteiger partial charge in [-0.3, -0.25) is 4.99 Å². The first kappa shape index (κ1) is 9.04. The van der Waals surface area contributed by atoms with Gasteiger partial charge in [0, 0.05) is 6.42 Å². The van der Waals surface area contributed by atoms with Gasteiger partial charge in [0.25, 0.3) is 0 Å². The number of fused-ring (bicyclic) bond motifs is 3. The highest BCUT2D eigenvalue weighted by molar-refractivity contribution is 5.80. The van der Waals surface area contributed by atoms with Crippen molar-refractivity contribution in [2.45, 2.75) is 51.5 Å².